The number of rotatable bonds is 4. The Hall–Kier alpha value is -2.77. The van der Waals surface area contributed by atoms with Gasteiger partial charge in [0.2, 0.25) is 0 Å². The number of hydrogen-bond acceptors (Lipinski definition) is 5. The number of aliphatic carboxylic acids is 1. The summed E-state index contributed by atoms with van der Waals surface area (Å²) in [5, 5.41) is 21.8. The van der Waals surface area contributed by atoms with Crippen LogP contribution in [0.5, 0.6) is 0 Å². The lowest BCUT2D eigenvalue weighted by molar-refractivity contribution is -0.383. The lowest BCUT2D eigenvalue weighted by Gasteiger charge is -2.07. The first-order chi connectivity index (χ1) is 9.00. The molecule has 1 aromatic heterocycles. The summed E-state index contributed by atoms with van der Waals surface area (Å²) in [5.74, 6) is -1.90. The molecule has 0 spiro atoms. The summed E-state index contributed by atoms with van der Waals surface area (Å²) < 4.78 is 13.8. The van der Waals surface area contributed by atoms with E-state index in [9.17, 15) is 19.3 Å². The molecule has 7 nitrogen and oxygen atoms in total. The molecule has 0 aliphatic rings. The second kappa shape index (κ2) is 4.84. The molecule has 0 fully saturated rings. The largest absolute Gasteiger partial charge is 0.480 e. The van der Waals surface area contributed by atoms with E-state index >= 15 is 0 Å². The zero-order valence-electron chi connectivity index (χ0n) is 9.46. The molecule has 2 aromatic rings. The summed E-state index contributed by atoms with van der Waals surface area (Å²) in [5.41, 5.74) is -0.267. The monoisotopic (exact) mass is 265 g/mol. The number of nitro groups is 1. The quantitative estimate of drug-likeness (QED) is 0.644. The van der Waals surface area contributed by atoms with E-state index < -0.39 is 23.3 Å². The number of non-ortho nitro benzene ring substituents is 1. The Kier molecular flexibility index (Phi) is 3.23. The number of pyridine rings is 1. The topological polar surface area (TPSA) is 105 Å². The van der Waals surface area contributed by atoms with Crippen molar-refractivity contribution in [1.82, 2.24) is 4.98 Å². The second-order valence-corrected chi connectivity index (χ2v) is 3.65. The molecule has 0 saturated carbocycles. The van der Waals surface area contributed by atoms with Crippen LogP contribution in [0.25, 0.3) is 10.8 Å². The number of nitrogens with one attached hydrogen (secondary N) is 1. The van der Waals surface area contributed by atoms with Gasteiger partial charge in [0.05, 0.1) is 15.7 Å². The minimum atomic E-state index is -1.15. The predicted octanol–water partition coefficient (Wildman–Crippen LogP) is 1.78. The van der Waals surface area contributed by atoms with E-state index in [1.807, 2.05) is 0 Å². The molecular weight excluding hydrogens is 257 g/mol. The van der Waals surface area contributed by atoms with Crippen LogP contribution in [0.4, 0.5) is 15.9 Å². The van der Waals surface area contributed by atoms with Gasteiger partial charge in [0.25, 0.3) is 5.69 Å². The van der Waals surface area contributed by atoms with E-state index in [4.69, 9.17) is 5.11 Å². The lowest BCUT2D eigenvalue weighted by Crippen LogP contribution is -2.13. The van der Waals surface area contributed by atoms with Gasteiger partial charge in [0.15, 0.2) is 0 Å². The molecule has 0 aliphatic carbocycles. The van der Waals surface area contributed by atoms with Crippen molar-refractivity contribution in [3.05, 3.63) is 40.3 Å². The summed E-state index contributed by atoms with van der Waals surface area (Å²) in [4.78, 5) is 24.5. The fourth-order valence-corrected chi connectivity index (χ4v) is 1.69. The maximum atomic E-state index is 13.8. The highest BCUT2D eigenvalue weighted by atomic mass is 19.1. The molecule has 0 radical (unpaired) electrons. The number of hydrogen-bond donors (Lipinski definition) is 2. The van der Waals surface area contributed by atoms with Crippen LogP contribution in [-0.4, -0.2) is 27.5 Å². The molecule has 19 heavy (non-hydrogen) atoms. The molecule has 2 rings (SSSR count). The molecule has 1 aromatic carbocycles. The first-order valence-corrected chi connectivity index (χ1v) is 5.18. The fraction of sp³-hybridized carbons (Fsp3) is 0.0909. The lowest BCUT2D eigenvalue weighted by atomic mass is 10.1. The van der Waals surface area contributed by atoms with E-state index in [1.165, 1.54) is 12.3 Å². The van der Waals surface area contributed by atoms with Crippen LogP contribution in [-0.2, 0) is 4.79 Å². The Morgan fingerprint density at radius 2 is 2.21 bits per heavy atom. The zero-order valence-corrected chi connectivity index (χ0v) is 9.46. The number of carboxylic acid groups (broad SMARTS) is 1. The molecule has 8 heteroatoms. The minimum absolute atomic E-state index is 0.0406. The first kappa shape index (κ1) is 12.7. The van der Waals surface area contributed by atoms with Gasteiger partial charge in [-0.3, -0.25) is 14.9 Å². The highest BCUT2D eigenvalue weighted by Gasteiger charge is 2.17. The molecule has 2 N–H and O–H groups in total. The summed E-state index contributed by atoms with van der Waals surface area (Å²) in [7, 11) is 0. The Morgan fingerprint density at radius 3 is 2.84 bits per heavy atom. The first-order valence-electron chi connectivity index (χ1n) is 5.18. The SMILES string of the molecule is O=C(O)CNc1nccc2c([N+](=O)[O-])ccc(F)c12. The number of nitro benzene ring substituents is 1. The van der Waals surface area contributed by atoms with Crippen LogP contribution in [0.1, 0.15) is 0 Å². The molecule has 0 saturated heterocycles. The van der Waals surface area contributed by atoms with Gasteiger partial charge in [-0.25, -0.2) is 9.37 Å². The predicted molar refractivity (Wildman–Crippen MR) is 64.5 cm³/mol. The molecule has 0 amide bonds. The Morgan fingerprint density at radius 1 is 1.47 bits per heavy atom. The van der Waals surface area contributed by atoms with Crippen LogP contribution in [0.3, 0.4) is 0 Å². The molecule has 0 atom stereocenters. The minimum Gasteiger partial charge on any atom is -0.480 e. The van der Waals surface area contributed by atoms with Gasteiger partial charge in [0.1, 0.15) is 18.2 Å². The van der Waals surface area contributed by atoms with Gasteiger partial charge in [-0.1, -0.05) is 0 Å². The van der Waals surface area contributed by atoms with E-state index in [-0.39, 0.29) is 22.3 Å². The van der Waals surface area contributed by atoms with Crippen molar-refractivity contribution in [2.45, 2.75) is 0 Å². The highest BCUT2D eigenvalue weighted by molar-refractivity contribution is 5.98. The number of fused-ring (bicyclic) bond motifs is 1. The number of aromatic nitrogens is 1. The van der Waals surface area contributed by atoms with Crippen molar-refractivity contribution in [2.24, 2.45) is 0 Å². The number of halogens is 1. The second-order valence-electron chi connectivity index (χ2n) is 3.65. The van der Waals surface area contributed by atoms with Gasteiger partial charge in [-0.2, -0.15) is 0 Å². The molecular formula is C11H8FN3O4. The van der Waals surface area contributed by atoms with Gasteiger partial charge in [0, 0.05) is 12.3 Å². The molecule has 98 valence electrons. The van der Waals surface area contributed by atoms with Crippen molar-refractivity contribution in [3.63, 3.8) is 0 Å². The van der Waals surface area contributed by atoms with E-state index in [2.05, 4.69) is 10.3 Å². The van der Waals surface area contributed by atoms with Crippen LogP contribution < -0.4 is 5.32 Å². The standard InChI is InChI=1S/C11H8FN3O4/c12-7-1-2-8(15(18)19)6-3-4-13-11(10(6)7)14-5-9(16)17/h1-4H,5H2,(H,13,14)(H,16,17). The van der Waals surface area contributed by atoms with Gasteiger partial charge < -0.3 is 10.4 Å². The van der Waals surface area contributed by atoms with Gasteiger partial charge >= 0.3 is 5.97 Å². The third-order valence-corrected chi connectivity index (χ3v) is 2.46. The van der Waals surface area contributed by atoms with Gasteiger partial charge in [-0.05, 0) is 12.1 Å². The summed E-state index contributed by atoms with van der Waals surface area (Å²) in [6.07, 6.45) is 1.25. The number of benzene rings is 1. The Labute approximate surface area is 105 Å². The maximum Gasteiger partial charge on any atom is 0.322 e. The van der Waals surface area contributed by atoms with E-state index in [0.717, 1.165) is 12.1 Å². The average Bonchev–Trinajstić information content (AvgIpc) is 2.36. The van der Waals surface area contributed by atoms with E-state index in [1.54, 1.807) is 0 Å². The summed E-state index contributed by atoms with van der Waals surface area (Å²) in [6, 6.07) is 3.31. The molecule has 1 heterocycles. The zero-order chi connectivity index (χ0) is 14.0. The average molecular weight is 265 g/mol. The Bertz CT molecular complexity index is 674. The third kappa shape index (κ3) is 2.41. The summed E-state index contributed by atoms with van der Waals surface area (Å²) in [6.45, 7) is -0.464. The van der Waals surface area contributed by atoms with E-state index in [0.29, 0.717) is 0 Å². The number of carbonyl (C=O) groups is 1. The number of nitrogens with zero attached hydrogens (tertiary/aromatic N) is 2. The fourth-order valence-electron chi connectivity index (χ4n) is 1.69. The van der Waals surface area contributed by atoms with Crippen molar-refractivity contribution in [1.29, 1.82) is 0 Å². The highest BCUT2D eigenvalue weighted by Crippen LogP contribution is 2.31. The molecule has 0 bridgehead atoms. The molecule has 0 aliphatic heterocycles. The Balaban J connectivity index is 2.63. The van der Waals surface area contributed by atoms with Crippen molar-refractivity contribution >= 4 is 28.2 Å². The van der Waals surface area contributed by atoms with Crippen molar-refractivity contribution in [2.75, 3.05) is 11.9 Å². The number of anilines is 1. The number of carboxylic acids is 1. The van der Waals surface area contributed by atoms with Crippen LogP contribution >= 0.6 is 0 Å². The molecule has 0 unspecified atom stereocenters. The van der Waals surface area contributed by atoms with Crippen LogP contribution in [0.15, 0.2) is 24.4 Å². The normalized spacial score (nSPS) is 10.4. The van der Waals surface area contributed by atoms with Crippen molar-refractivity contribution < 1.29 is 19.2 Å². The van der Waals surface area contributed by atoms with Crippen molar-refractivity contribution in [3.8, 4) is 0 Å². The van der Waals surface area contributed by atoms with Crippen LogP contribution in [0.2, 0.25) is 0 Å². The summed E-state index contributed by atoms with van der Waals surface area (Å²) >= 11 is 0. The van der Waals surface area contributed by atoms with Crippen LogP contribution in [0, 0.1) is 15.9 Å². The third-order valence-electron chi connectivity index (χ3n) is 2.46. The smallest absolute Gasteiger partial charge is 0.322 e. The van der Waals surface area contributed by atoms with Gasteiger partial charge in [-0.15, -0.1) is 0 Å². The maximum absolute atomic E-state index is 13.8.